The minimum absolute atomic E-state index is 0. The second kappa shape index (κ2) is 6.70. The number of rotatable bonds is 4. The molecule has 1 rings (SSSR count). The minimum atomic E-state index is -2.84. The van der Waals surface area contributed by atoms with Crippen LogP contribution in [0.2, 0.25) is 0 Å². The van der Waals surface area contributed by atoms with Gasteiger partial charge >= 0.3 is 0 Å². The molecule has 1 atom stereocenters. The van der Waals surface area contributed by atoms with Crippen molar-refractivity contribution in [2.45, 2.75) is 25.3 Å². The van der Waals surface area contributed by atoms with Gasteiger partial charge in [-0.05, 0) is 6.92 Å². The minimum Gasteiger partial charge on any atom is -0.355 e. The van der Waals surface area contributed by atoms with Gasteiger partial charge in [-0.1, -0.05) is 0 Å². The molecular formula is C9H16ClF2N3O2. The number of amides is 2. The Hall–Kier alpha value is -0.950. The van der Waals surface area contributed by atoms with Gasteiger partial charge in [0, 0.05) is 13.0 Å². The topological polar surface area (TPSA) is 70.2 Å². The molecular weight excluding hydrogens is 256 g/mol. The highest BCUT2D eigenvalue weighted by Crippen LogP contribution is 2.24. The maximum atomic E-state index is 12.8. The first kappa shape index (κ1) is 16.1. The molecule has 1 fully saturated rings. The molecule has 1 aliphatic rings. The van der Waals surface area contributed by atoms with E-state index in [1.165, 1.54) is 0 Å². The van der Waals surface area contributed by atoms with Crippen LogP contribution < -0.4 is 16.0 Å². The summed E-state index contributed by atoms with van der Waals surface area (Å²) >= 11 is 0. The molecule has 1 unspecified atom stereocenters. The molecule has 8 heteroatoms. The van der Waals surface area contributed by atoms with E-state index in [9.17, 15) is 18.4 Å². The molecule has 100 valence electrons. The van der Waals surface area contributed by atoms with Gasteiger partial charge in [-0.3, -0.25) is 14.9 Å². The van der Waals surface area contributed by atoms with E-state index in [0.29, 0.717) is 6.54 Å². The van der Waals surface area contributed by atoms with Crippen molar-refractivity contribution < 1.29 is 18.4 Å². The normalized spacial score (nSPS) is 21.5. The Morgan fingerprint density at radius 2 is 2.06 bits per heavy atom. The van der Waals surface area contributed by atoms with Gasteiger partial charge in [-0.15, -0.1) is 12.4 Å². The lowest BCUT2D eigenvalue weighted by Gasteiger charge is -2.10. The van der Waals surface area contributed by atoms with Gasteiger partial charge in [0.15, 0.2) is 0 Å². The number of likely N-dealkylation sites (N-methyl/N-ethyl adjacent to an activating group) is 1. The Morgan fingerprint density at radius 3 is 2.53 bits per heavy atom. The van der Waals surface area contributed by atoms with Crippen molar-refractivity contribution in [3.8, 4) is 0 Å². The Morgan fingerprint density at radius 1 is 1.41 bits per heavy atom. The summed E-state index contributed by atoms with van der Waals surface area (Å²) in [7, 11) is 0. The van der Waals surface area contributed by atoms with Gasteiger partial charge in [0.2, 0.25) is 11.8 Å². The molecule has 0 aromatic heterocycles. The third kappa shape index (κ3) is 5.27. The fourth-order valence-electron chi connectivity index (χ4n) is 1.45. The molecule has 0 spiro atoms. The van der Waals surface area contributed by atoms with E-state index in [1.807, 2.05) is 0 Å². The summed E-state index contributed by atoms with van der Waals surface area (Å²) in [5, 5.41) is 7.19. The van der Waals surface area contributed by atoms with Gasteiger partial charge in [-0.2, -0.15) is 0 Å². The van der Waals surface area contributed by atoms with E-state index in [-0.39, 0.29) is 24.9 Å². The maximum absolute atomic E-state index is 12.8. The van der Waals surface area contributed by atoms with Crippen molar-refractivity contribution in [3.05, 3.63) is 0 Å². The van der Waals surface area contributed by atoms with Crippen LogP contribution in [0, 0.1) is 0 Å². The van der Waals surface area contributed by atoms with Crippen LogP contribution in [0.5, 0.6) is 0 Å². The van der Waals surface area contributed by atoms with Crippen LogP contribution in [0.1, 0.15) is 13.3 Å². The fourth-order valence-corrected chi connectivity index (χ4v) is 1.45. The molecule has 2 amide bonds. The Balaban J connectivity index is 0.00000256. The average Bonchev–Trinajstić information content (AvgIpc) is 2.56. The van der Waals surface area contributed by atoms with Crippen molar-refractivity contribution in [1.82, 2.24) is 16.0 Å². The van der Waals surface area contributed by atoms with Gasteiger partial charge < -0.3 is 10.6 Å². The molecule has 0 aromatic rings. The highest BCUT2D eigenvalue weighted by Gasteiger charge is 2.42. The summed E-state index contributed by atoms with van der Waals surface area (Å²) < 4.78 is 25.5. The van der Waals surface area contributed by atoms with E-state index in [0.717, 1.165) is 0 Å². The van der Waals surface area contributed by atoms with Crippen molar-refractivity contribution in [2.75, 3.05) is 19.6 Å². The van der Waals surface area contributed by atoms with Crippen LogP contribution in [0.15, 0.2) is 0 Å². The third-order valence-electron chi connectivity index (χ3n) is 2.22. The van der Waals surface area contributed by atoms with Crippen molar-refractivity contribution in [3.63, 3.8) is 0 Å². The van der Waals surface area contributed by atoms with Crippen molar-refractivity contribution in [2.24, 2.45) is 0 Å². The highest BCUT2D eigenvalue weighted by molar-refractivity contribution is 5.87. The van der Waals surface area contributed by atoms with Crippen LogP contribution in [-0.4, -0.2) is 43.4 Å². The third-order valence-corrected chi connectivity index (χ3v) is 2.22. The lowest BCUT2D eigenvalue weighted by molar-refractivity contribution is -0.127. The molecule has 0 saturated carbocycles. The van der Waals surface area contributed by atoms with Gasteiger partial charge in [-0.25, -0.2) is 8.78 Å². The fraction of sp³-hybridized carbons (Fsp3) is 0.778. The molecule has 0 aliphatic carbocycles. The van der Waals surface area contributed by atoms with E-state index >= 15 is 0 Å². The SMILES string of the molecule is CCNC(=O)CNC(=O)C1CC(F)(F)CN1.Cl. The van der Waals surface area contributed by atoms with Crippen LogP contribution in [0.3, 0.4) is 0 Å². The number of hydrogen-bond acceptors (Lipinski definition) is 3. The first-order valence-electron chi connectivity index (χ1n) is 5.10. The van der Waals surface area contributed by atoms with Gasteiger partial charge in [0.25, 0.3) is 5.92 Å². The summed E-state index contributed by atoms with van der Waals surface area (Å²) in [6.45, 7) is 1.54. The van der Waals surface area contributed by atoms with Crippen LogP contribution in [0.25, 0.3) is 0 Å². The second-order valence-corrected chi connectivity index (χ2v) is 3.66. The zero-order chi connectivity index (χ0) is 12.2. The molecule has 1 heterocycles. The molecule has 1 saturated heterocycles. The van der Waals surface area contributed by atoms with Gasteiger partial charge in [0.1, 0.15) is 0 Å². The number of halogens is 3. The maximum Gasteiger partial charge on any atom is 0.262 e. The summed E-state index contributed by atoms with van der Waals surface area (Å²) in [6.07, 6.45) is -0.520. The average molecular weight is 272 g/mol. The molecule has 5 nitrogen and oxygen atoms in total. The first-order chi connectivity index (χ1) is 7.44. The van der Waals surface area contributed by atoms with Crippen LogP contribution in [-0.2, 0) is 9.59 Å². The van der Waals surface area contributed by atoms with E-state index in [2.05, 4.69) is 16.0 Å². The number of carbonyl (C=O) groups is 2. The smallest absolute Gasteiger partial charge is 0.262 e. The summed E-state index contributed by atoms with van der Waals surface area (Å²) in [5.41, 5.74) is 0. The molecule has 0 aromatic carbocycles. The summed E-state index contributed by atoms with van der Waals surface area (Å²) in [5.74, 6) is -3.74. The number of hydrogen-bond donors (Lipinski definition) is 3. The van der Waals surface area contributed by atoms with E-state index in [4.69, 9.17) is 0 Å². The zero-order valence-electron chi connectivity index (χ0n) is 9.39. The predicted molar refractivity (Wildman–Crippen MR) is 60.3 cm³/mol. The lowest BCUT2D eigenvalue weighted by atomic mass is 10.2. The largest absolute Gasteiger partial charge is 0.355 e. The Bertz CT molecular complexity index is 289. The predicted octanol–water partition coefficient (Wildman–Crippen LogP) is -0.342. The van der Waals surface area contributed by atoms with E-state index in [1.54, 1.807) is 6.92 Å². The van der Waals surface area contributed by atoms with Crippen LogP contribution in [0.4, 0.5) is 8.78 Å². The lowest BCUT2D eigenvalue weighted by Crippen LogP contribution is -2.44. The van der Waals surface area contributed by atoms with Crippen molar-refractivity contribution >= 4 is 24.2 Å². The zero-order valence-corrected chi connectivity index (χ0v) is 10.2. The van der Waals surface area contributed by atoms with Crippen molar-refractivity contribution in [1.29, 1.82) is 0 Å². The standard InChI is InChI=1S/C9H15F2N3O2.ClH/c1-2-12-7(15)4-13-8(16)6-3-9(10,11)5-14-6;/h6,14H,2-5H2,1H3,(H,12,15)(H,13,16);1H. The number of carbonyl (C=O) groups excluding carboxylic acids is 2. The van der Waals surface area contributed by atoms with Crippen LogP contribution >= 0.6 is 12.4 Å². The number of alkyl halides is 2. The molecule has 0 radical (unpaired) electrons. The molecule has 17 heavy (non-hydrogen) atoms. The highest BCUT2D eigenvalue weighted by atomic mass is 35.5. The quantitative estimate of drug-likeness (QED) is 0.655. The Labute approximate surface area is 104 Å². The first-order valence-corrected chi connectivity index (χ1v) is 5.10. The van der Waals surface area contributed by atoms with E-state index < -0.39 is 30.8 Å². The Kier molecular flexibility index (Phi) is 6.33. The summed E-state index contributed by atoms with van der Waals surface area (Å²) in [6, 6.07) is -0.913. The molecule has 1 aliphatic heterocycles. The monoisotopic (exact) mass is 271 g/mol. The number of nitrogens with one attached hydrogen (secondary N) is 3. The molecule has 0 bridgehead atoms. The molecule has 3 N–H and O–H groups in total. The second-order valence-electron chi connectivity index (χ2n) is 3.66. The van der Waals surface area contributed by atoms with Gasteiger partial charge in [0.05, 0.1) is 19.1 Å². The summed E-state index contributed by atoms with van der Waals surface area (Å²) in [4.78, 5) is 22.4.